The molecule has 1 heterocycles. The first-order valence-electron chi connectivity index (χ1n) is 2.32. The van der Waals surface area contributed by atoms with E-state index in [0.717, 1.165) is 11.5 Å². The molecule has 0 atom stereocenters. The van der Waals surface area contributed by atoms with Crippen molar-refractivity contribution in [3.63, 3.8) is 0 Å². The Hall–Kier alpha value is -0.490. The Balaban J connectivity index is 3.35. The Bertz CT molecular complexity index is 210. The van der Waals surface area contributed by atoms with Crippen LogP contribution < -0.4 is 0 Å². The smallest absolute Gasteiger partial charge is 0.308 e. The average molecular weight is 130 g/mol. The van der Waals surface area contributed by atoms with Crippen molar-refractivity contribution in [2.45, 2.75) is 13.8 Å². The maximum absolute atomic E-state index is 4.96. The molecule has 0 saturated heterocycles. The Kier molecular flexibility index (Phi) is 1.26. The van der Waals surface area contributed by atoms with Crippen LogP contribution in [0.3, 0.4) is 0 Å². The molecule has 0 aliphatic rings. The molecular weight excluding hydrogens is 123 g/mol. The summed E-state index contributed by atoms with van der Waals surface area (Å²) in [5, 5.41) is 0.431. The molecular formula is C5H7O2P. The third-order valence-electron chi connectivity index (χ3n) is 0.987. The van der Waals surface area contributed by atoms with Gasteiger partial charge in [-0.2, -0.15) is 0 Å². The maximum atomic E-state index is 4.96. The van der Waals surface area contributed by atoms with Crippen LogP contribution in [0, 0.1) is 19.2 Å². The summed E-state index contributed by atoms with van der Waals surface area (Å²) in [4.78, 5) is 0. The van der Waals surface area contributed by atoms with Crippen LogP contribution >= 0.6 is 8.86 Å². The van der Waals surface area contributed by atoms with Crippen molar-refractivity contribution in [1.29, 1.82) is 0 Å². The van der Waals surface area contributed by atoms with Crippen LogP contribution in [0.15, 0.2) is 8.83 Å². The van der Waals surface area contributed by atoms with E-state index in [0.29, 0.717) is 5.33 Å². The first-order valence-corrected chi connectivity index (χ1v) is 2.82. The molecule has 1 aromatic heterocycles. The highest BCUT2D eigenvalue weighted by molar-refractivity contribution is 7.06. The van der Waals surface area contributed by atoms with Crippen LogP contribution in [-0.4, -0.2) is 0 Å². The Labute approximate surface area is 49.3 Å². The second-order valence-electron chi connectivity index (χ2n) is 1.60. The fraction of sp³-hybridized carbons (Fsp3) is 0.400. The average Bonchev–Trinajstić information content (AvgIpc) is 1.85. The predicted octanol–water partition coefficient (Wildman–Crippen LogP) is 2.16. The Morgan fingerprint density at radius 1 is 1.12 bits per heavy atom. The van der Waals surface area contributed by atoms with Crippen LogP contribution in [0.25, 0.3) is 0 Å². The summed E-state index contributed by atoms with van der Waals surface area (Å²) < 4.78 is 9.92. The van der Waals surface area contributed by atoms with Crippen molar-refractivity contribution in [2.75, 3.05) is 0 Å². The molecule has 0 fully saturated rings. The van der Waals surface area contributed by atoms with Gasteiger partial charge in [0.15, 0.2) is 0 Å². The predicted molar refractivity (Wildman–Crippen MR) is 32.0 cm³/mol. The molecule has 0 N–H and O–H groups in total. The molecule has 0 aromatic carbocycles. The normalized spacial score (nSPS) is 9.75. The van der Waals surface area contributed by atoms with E-state index in [1.54, 1.807) is 0 Å². The molecule has 3 heteroatoms. The zero-order valence-corrected chi connectivity index (χ0v) is 5.82. The zero-order valence-electron chi connectivity index (χ0n) is 4.82. The quantitative estimate of drug-likeness (QED) is 0.503. The van der Waals surface area contributed by atoms with Gasteiger partial charge in [0.05, 0.1) is 0 Å². The topological polar surface area (TPSA) is 26.3 Å². The van der Waals surface area contributed by atoms with Gasteiger partial charge in [-0.05, 0) is 22.7 Å². The summed E-state index contributed by atoms with van der Waals surface area (Å²) in [5.74, 6) is 1.63. The molecule has 0 bridgehead atoms. The van der Waals surface area contributed by atoms with Gasteiger partial charge in [-0.3, -0.25) is 0 Å². The SMILES string of the molecule is Cc1oc(=P)oc1C. The van der Waals surface area contributed by atoms with E-state index in [4.69, 9.17) is 8.83 Å². The number of rotatable bonds is 0. The van der Waals surface area contributed by atoms with Crippen molar-refractivity contribution in [3.8, 4) is 0 Å². The molecule has 0 unspecified atom stereocenters. The summed E-state index contributed by atoms with van der Waals surface area (Å²) in [6.45, 7) is 3.70. The van der Waals surface area contributed by atoms with Crippen molar-refractivity contribution >= 4 is 8.86 Å². The lowest BCUT2D eigenvalue weighted by molar-refractivity contribution is 0.404. The lowest BCUT2D eigenvalue weighted by atomic mass is 10.4. The molecule has 0 aliphatic carbocycles. The lowest BCUT2D eigenvalue weighted by Crippen LogP contribution is -1.63. The molecule has 0 amide bonds. The van der Waals surface area contributed by atoms with Gasteiger partial charge in [0.1, 0.15) is 11.5 Å². The second kappa shape index (κ2) is 1.79. The maximum Gasteiger partial charge on any atom is 0.308 e. The van der Waals surface area contributed by atoms with Crippen molar-refractivity contribution in [1.82, 2.24) is 0 Å². The van der Waals surface area contributed by atoms with Crippen molar-refractivity contribution < 1.29 is 8.83 Å². The molecule has 44 valence electrons. The first kappa shape index (κ1) is 5.64. The minimum absolute atomic E-state index is 0.431. The molecule has 8 heavy (non-hydrogen) atoms. The van der Waals surface area contributed by atoms with E-state index in [-0.39, 0.29) is 0 Å². The second-order valence-corrected chi connectivity index (χ2v) is 2.01. The summed E-state index contributed by atoms with van der Waals surface area (Å²) in [6.07, 6.45) is 0. The van der Waals surface area contributed by atoms with Gasteiger partial charge in [-0.1, -0.05) is 0 Å². The van der Waals surface area contributed by atoms with Crippen LogP contribution in [0.1, 0.15) is 11.5 Å². The highest BCUT2D eigenvalue weighted by Crippen LogP contribution is 2.08. The van der Waals surface area contributed by atoms with Gasteiger partial charge in [-0.15, -0.1) is 0 Å². The van der Waals surface area contributed by atoms with Crippen molar-refractivity contribution in [2.24, 2.45) is 0 Å². The van der Waals surface area contributed by atoms with Crippen molar-refractivity contribution in [3.05, 3.63) is 16.9 Å². The highest BCUT2D eigenvalue weighted by Gasteiger charge is 1.95. The summed E-state index contributed by atoms with van der Waals surface area (Å²) >= 11 is 0. The van der Waals surface area contributed by atoms with Gasteiger partial charge >= 0.3 is 5.33 Å². The van der Waals surface area contributed by atoms with Crippen LogP contribution in [-0.2, 0) is 0 Å². The third kappa shape index (κ3) is 0.846. The van der Waals surface area contributed by atoms with Gasteiger partial charge < -0.3 is 8.83 Å². The largest absolute Gasteiger partial charge is 0.424 e. The van der Waals surface area contributed by atoms with Gasteiger partial charge in [-0.25, -0.2) is 0 Å². The molecule has 1 rings (SSSR count). The first-order chi connectivity index (χ1) is 3.70. The lowest BCUT2D eigenvalue weighted by Gasteiger charge is -1.75. The van der Waals surface area contributed by atoms with Crippen LogP contribution in [0.4, 0.5) is 0 Å². The minimum atomic E-state index is 0.431. The number of aryl methyl sites for hydroxylation is 2. The van der Waals surface area contributed by atoms with Gasteiger partial charge in [0.25, 0.3) is 0 Å². The number of hydrogen-bond acceptors (Lipinski definition) is 2. The van der Waals surface area contributed by atoms with E-state index in [2.05, 4.69) is 8.86 Å². The molecule has 0 spiro atoms. The third-order valence-corrected chi connectivity index (χ3v) is 1.19. The standard InChI is InChI=1S/C5H7O2P/c1-3-4(2)7-5(8)6-3/h8H,1-2H3. The monoisotopic (exact) mass is 130 g/mol. The zero-order chi connectivity index (χ0) is 6.15. The van der Waals surface area contributed by atoms with E-state index in [1.165, 1.54) is 0 Å². The minimum Gasteiger partial charge on any atom is -0.424 e. The van der Waals surface area contributed by atoms with E-state index < -0.39 is 0 Å². The van der Waals surface area contributed by atoms with Gasteiger partial charge in [0, 0.05) is 0 Å². The van der Waals surface area contributed by atoms with Crippen LogP contribution in [0.5, 0.6) is 0 Å². The van der Waals surface area contributed by atoms with E-state index >= 15 is 0 Å². The Morgan fingerprint density at radius 3 is 1.62 bits per heavy atom. The van der Waals surface area contributed by atoms with Crippen LogP contribution in [0.2, 0.25) is 0 Å². The molecule has 1 aromatic rings. The summed E-state index contributed by atoms with van der Waals surface area (Å²) in [6, 6.07) is 0. The highest BCUT2D eigenvalue weighted by atomic mass is 31.0. The molecule has 0 aliphatic heterocycles. The fourth-order valence-corrected chi connectivity index (χ4v) is 0.749. The Morgan fingerprint density at radius 2 is 1.50 bits per heavy atom. The fourth-order valence-electron chi connectivity index (χ4n) is 0.443. The van der Waals surface area contributed by atoms with E-state index in [1.807, 2.05) is 13.8 Å². The molecule has 2 nitrogen and oxygen atoms in total. The molecule has 0 radical (unpaired) electrons. The number of hydrogen-bond donors (Lipinski definition) is 0. The summed E-state index contributed by atoms with van der Waals surface area (Å²) in [7, 11) is 3.10. The van der Waals surface area contributed by atoms with Gasteiger partial charge in [0.2, 0.25) is 0 Å². The van der Waals surface area contributed by atoms with E-state index in [9.17, 15) is 0 Å². The summed E-state index contributed by atoms with van der Waals surface area (Å²) in [5.41, 5.74) is 0. The molecule has 0 saturated carbocycles.